The lowest BCUT2D eigenvalue weighted by Gasteiger charge is -2.72. The number of nitrogens with zero attached hydrogens (tertiary/aromatic N) is 1. The normalized spacial score (nSPS) is 39.1. The Morgan fingerprint density at radius 3 is 2.16 bits per heavy atom. The van der Waals surface area contributed by atoms with Crippen molar-refractivity contribution in [2.24, 2.45) is 51.2 Å². The molecule has 5 fully saturated rings. The molecule has 2 N–H and O–H groups in total. The summed E-state index contributed by atoms with van der Waals surface area (Å²) in [6, 6.07) is 16.9. The Labute approximate surface area is 335 Å². The van der Waals surface area contributed by atoms with Gasteiger partial charge < -0.3 is 10.4 Å². The molecule has 6 aliphatic rings. The maximum atomic E-state index is 14.9. The van der Waals surface area contributed by atoms with Crippen molar-refractivity contribution >= 4 is 27.3 Å². The number of carboxylic acid groups (broad SMARTS) is 1. The Hall–Kier alpha value is -3.23. The van der Waals surface area contributed by atoms with Crippen molar-refractivity contribution in [2.75, 3.05) is 24.6 Å². The van der Waals surface area contributed by atoms with E-state index in [1.165, 1.54) is 30.4 Å². The standard InChI is InChI=1S/C48H64N2O5S/c1-31(2)35-19-24-48(49-42(51)41(33-11-9-8-10-12-33)50-27-29-56(54,55)30-28-50)26-25-46(6)37(40(35)48)17-18-39-45(5)22-20-36(32-13-15-34(16-14-32)43(52)53)44(3,4)38(45)21-23-47(39,46)7/h8-16,20,35,37-41H,1,17-19,21-30H2,2-7H3,(H,49,51)(H,52,53)/t35-,37+,38?,39?,40?,41?,45-,46+,47+,48-/m0/s1. The molecule has 302 valence electrons. The van der Waals surface area contributed by atoms with Crippen molar-refractivity contribution in [2.45, 2.75) is 111 Å². The molecule has 1 saturated heterocycles. The van der Waals surface area contributed by atoms with E-state index in [0.29, 0.717) is 48.2 Å². The lowest BCUT2D eigenvalue weighted by Crippen LogP contribution is -2.68. The average molecular weight is 781 g/mol. The van der Waals surface area contributed by atoms with Crippen LogP contribution in [0.2, 0.25) is 0 Å². The van der Waals surface area contributed by atoms with Gasteiger partial charge in [0.25, 0.3) is 0 Å². The number of rotatable bonds is 7. The van der Waals surface area contributed by atoms with Crippen LogP contribution in [0.3, 0.4) is 0 Å². The van der Waals surface area contributed by atoms with E-state index >= 15 is 0 Å². The molecule has 7 nitrogen and oxygen atoms in total. The van der Waals surface area contributed by atoms with Crippen LogP contribution >= 0.6 is 0 Å². The molecule has 0 bridgehead atoms. The number of sulfone groups is 1. The fourth-order valence-electron chi connectivity index (χ4n) is 14.7. The maximum absolute atomic E-state index is 14.9. The van der Waals surface area contributed by atoms with Crippen LogP contribution in [0.4, 0.5) is 0 Å². The van der Waals surface area contributed by atoms with Crippen molar-refractivity contribution in [3.63, 3.8) is 0 Å². The lowest BCUT2D eigenvalue weighted by molar-refractivity contribution is -0.219. The van der Waals surface area contributed by atoms with Gasteiger partial charge in [0.2, 0.25) is 5.91 Å². The first-order valence-corrected chi connectivity index (χ1v) is 23.2. The van der Waals surface area contributed by atoms with Crippen LogP contribution in [-0.2, 0) is 14.6 Å². The summed E-state index contributed by atoms with van der Waals surface area (Å²) in [5.41, 5.74) is 5.03. The number of carbonyl (C=O) groups excluding carboxylic acids is 1. The van der Waals surface area contributed by atoms with Gasteiger partial charge in [0, 0.05) is 18.6 Å². The summed E-state index contributed by atoms with van der Waals surface area (Å²) in [4.78, 5) is 28.6. The third kappa shape index (κ3) is 6.00. The summed E-state index contributed by atoms with van der Waals surface area (Å²) >= 11 is 0. The minimum Gasteiger partial charge on any atom is -0.478 e. The topological polar surface area (TPSA) is 104 Å². The molecule has 5 aliphatic carbocycles. The molecule has 1 heterocycles. The van der Waals surface area contributed by atoms with Crippen LogP contribution in [-0.4, -0.2) is 60.4 Å². The van der Waals surface area contributed by atoms with Gasteiger partial charge in [-0.15, -0.1) is 0 Å². The summed E-state index contributed by atoms with van der Waals surface area (Å²) in [5.74, 6) is 1.53. The van der Waals surface area contributed by atoms with Crippen molar-refractivity contribution in [1.82, 2.24) is 10.2 Å². The van der Waals surface area contributed by atoms with Crippen molar-refractivity contribution < 1.29 is 23.1 Å². The molecule has 0 aromatic heterocycles. The van der Waals surface area contributed by atoms with E-state index in [4.69, 9.17) is 0 Å². The van der Waals surface area contributed by atoms with Gasteiger partial charge in [-0.1, -0.05) is 95.3 Å². The van der Waals surface area contributed by atoms with E-state index in [1.807, 2.05) is 42.5 Å². The molecule has 2 aromatic carbocycles. The van der Waals surface area contributed by atoms with E-state index in [0.717, 1.165) is 49.7 Å². The van der Waals surface area contributed by atoms with E-state index in [-0.39, 0.29) is 44.6 Å². The third-order valence-corrected chi connectivity index (χ3v) is 19.2. The number of hydrogen-bond acceptors (Lipinski definition) is 5. The molecule has 4 unspecified atom stereocenters. The maximum Gasteiger partial charge on any atom is 0.335 e. The van der Waals surface area contributed by atoms with E-state index in [9.17, 15) is 23.1 Å². The minimum atomic E-state index is -3.09. The Morgan fingerprint density at radius 1 is 0.839 bits per heavy atom. The second-order valence-corrected chi connectivity index (χ2v) is 22.6. The number of hydrogen-bond donors (Lipinski definition) is 2. The minimum absolute atomic E-state index is 0.0176. The SMILES string of the molecule is C=C(C)[C@@H]1CC[C@]2(NC(=O)C(c3ccccc3)N3CCS(=O)(=O)CC3)CC[C@]3(C)[C@H](CCC4[C@@]5(C)CC=C(c6ccc(C(=O)O)cc6)C(C)(C)C5CC[C@]43C)C12. The fourth-order valence-corrected chi connectivity index (χ4v) is 15.9. The number of fused-ring (bicyclic) bond motifs is 7. The Kier molecular flexibility index (Phi) is 9.67. The highest BCUT2D eigenvalue weighted by Gasteiger charge is 2.70. The first-order chi connectivity index (χ1) is 26.4. The molecule has 0 spiro atoms. The van der Waals surface area contributed by atoms with Gasteiger partial charge in [-0.25, -0.2) is 13.2 Å². The molecule has 8 heteroatoms. The molecule has 10 atom stereocenters. The summed E-state index contributed by atoms with van der Waals surface area (Å²) in [7, 11) is -3.09. The number of benzene rings is 2. The van der Waals surface area contributed by atoms with Crippen LogP contribution in [0.15, 0.2) is 72.8 Å². The zero-order valence-corrected chi connectivity index (χ0v) is 35.4. The summed E-state index contributed by atoms with van der Waals surface area (Å²) < 4.78 is 24.9. The van der Waals surface area contributed by atoms with E-state index < -0.39 is 21.8 Å². The molecule has 8 rings (SSSR count). The highest BCUT2D eigenvalue weighted by molar-refractivity contribution is 7.91. The van der Waals surface area contributed by atoms with E-state index in [1.54, 1.807) is 12.1 Å². The molecule has 56 heavy (non-hydrogen) atoms. The van der Waals surface area contributed by atoms with Crippen molar-refractivity contribution in [3.05, 3.63) is 89.5 Å². The van der Waals surface area contributed by atoms with E-state index in [2.05, 4.69) is 64.4 Å². The van der Waals surface area contributed by atoms with Crippen LogP contribution < -0.4 is 5.32 Å². The summed E-state index contributed by atoms with van der Waals surface area (Å²) in [5, 5.41) is 13.3. The number of carboxylic acids is 1. The highest BCUT2D eigenvalue weighted by Crippen LogP contribution is 2.76. The van der Waals surface area contributed by atoms with Gasteiger partial charge in [0.1, 0.15) is 6.04 Å². The van der Waals surface area contributed by atoms with Gasteiger partial charge in [-0.2, -0.15) is 0 Å². The Balaban J connectivity index is 1.10. The van der Waals surface area contributed by atoms with Crippen molar-refractivity contribution in [1.29, 1.82) is 0 Å². The van der Waals surface area contributed by atoms with Crippen LogP contribution in [0, 0.1) is 51.2 Å². The zero-order valence-electron chi connectivity index (χ0n) is 34.6. The molecule has 0 radical (unpaired) electrons. The zero-order chi connectivity index (χ0) is 40.1. The average Bonchev–Trinajstić information content (AvgIpc) is 3.52. The fraction of sp³-hybridized carbons (Fsp3) is 0.625. The molecule has 1 amide bonds. The third-order valence-electron chi connectivity index (χ3n) is 17.6. The van der Waals surface area contributed by atoms with Gasteiger partial charge >= 0.3 is 5.97 Å². The first-order valence-electron chi connectivity index (χ1n) is 21.4. The monoisotopic (exact) mass is 780 g/mol. The molecule has 2 aromatic rings. The quantitative estimate of drug-likeness (QED) is 0.272. The Morgan fingerprint density at radius 2 is 1.52 bits per heavy atom. The molecular weight excluding hydrogens is 717 g/mol. The lowest BCUT2D eigenvalue weighted by atomic mass is 9.33. The van der Waals surface area contributed by atoms with Crippen molar-refractivity contribution in [3.8, 4) is 0 Å². The predicted octanol–water partition coefficient (Wildman–Crippen LogP) is 9.38. The Bertz CT molecular complexity index is 2030. The largest absolute Gasteiger partial charge is 0.478 e. The van der Waals surface area contributed by atoms with Gasteiger partial charge in [0.15, 0.2) is 9.84 Å². The number of amides is 1. The molecule has 1 aliphatic heterocycles. The highest BCUT2D eigenvalue weighted by atomic mass is 32.2. The molecular formula is C48H64N2O5S. The predicted molar refractivity (Wildman–Crippen MR) is 224 cm³/mol. The second-order valence-electron chi connectivity index (χ2n) is 20.3. The summed E-state index contributed by atoms with van der Waals surface area (Å²) in [6.45, 7) is 20.3. The van der Waals surface area contributed by atoms with Gasteiger partial charge in [-0.3, -0.25) is 9.69 Å². The van der Waals surface area contributed by atoms with Crippen LogP contribution in [0.1, 0.15) is 127 Å². The number of aromatic carboxylic acids is 1. The number of nitrogens with one attached hydrogen (secondary N) is 1. The van der Waals surface area contributed by atoms with Gasteiger partial charge in [0.05, 0.1) is 17.1 Å². The second kappa shape index (κ2) is 13.7. The van der Waals surface area contributed by atoms with Gasteiger partial charge in [-0.05, 0) is 145 Å². The smallest absolute Gasteiger partial charge is 0.335 e. The number of carbonyl (C=O) groups is 2. The van der Waals surface area contributed by atoms with Crippen LogP contribution in [0.25, 0.3) is 5.57 Å². The summed E-state index contributed by atoms with van der Waals surface area (Å²) in [6.07, 6.45) is 12.3. The molecule has 4 saturated carbocycles. The first kappa shape index (κ1) is 39.6. The number of allylic oxidation sites excluding steroid dienone is 3. The van der Waals surface area contributed by atoms with Crippen LogP contribution in [0.5, 0.6) is 0 Å².